The van der Waals surface area contributed by atoms with Gasteiger partial charge in [-0.3, -0.25) is 13.9 Å². The molecule has 1 atom stereocenters. The van der Waals surface area contributed by atoms with Gasteiger partial charge in [0, 0.05) is 18.0 Å². The van der Waals surface area contributed by atoms with Gasteiger partial charge in [-0.15, -0.1) is 0 Å². The third-order valence-electron chi connectivity index (χ3n) is 5.43. The third kappa shape index (κ3) is 3.11. The highest BCUT2D eigenvalue weighted by atomic mass is 32.2. The molecule has 0 radical (unpaired) electrons. The van der Waals surface area contributed by atoms with Crippen LogP contribution in [0.15, 0.2) is 41.3 Å². The molecule has 2 aromatic rings. The van der Waals surface area contributed by atoms with Crippen molar-refractivity contribution in [2.45, 2.75) is 37.1 Å². The van der Waals surface area contributed by atoms with E-state index in [2.05, 4.69) is 0 Å². The van der Waals surface area contributed by atoms with Gasteiger partial charge in [-0.2, -0.15) is 0 Å². The van der Waals surface area contributed by atoms with Crippen LogP contribution in [0.1, 0.15) is 26.2 Å². The molecule has 0 N–H and O–H groups in total. The molecule has 2 aliphatic rings. The Balaban J connectivity index is 1.47. The molecule has 148 valence electrons. The molecule has 2 aliphatic heterocycles. The van der Waals surface area contributed by atoms with Crippen molar-refractivity contribution in [2.75, 3.05) is 24.0 Å². The Morgan fingerprint density at radius 2 is 1.89 bits per heavy atom. The molecular weight excluding hydrogens is 380 g/mol. The molecule has 0 bridgehead atoms. The number of amides is 1. The van der Waals surface area contributed by atoms with Crippen molar-refractivity contribution in [2.24, 2.45) is 0 Å². The first-order valence-corrected chi connectivity index (χ1v) is 10.8. The van der Waals surface area contributed by atoms with Crippen molar-refractivity contribution in [3.63, 3.8) is 0 Å². The van der Waals surface area contributed by atoms with Gasteiger partial charge in [0.2, 0.25) is 0 Å². The van der Waals surface area contributed by atoms with Gasteiger partial charge in [0.05, 0.1) is 10.6 Å². The maximum atomic E-state index is 12.9. The fraction of sp³-hybridized carbons (Fsp3) is 0.400. The van der Waals surface area contributed by atoms with Gasteiger partial charge in [-0.1, -0.05) is 24.3 Å². The van der Waals surface area contributed by atoms with Crippen molar-refractivity contribution in [1.29, 1.82) is 0 Å². The molecule has 0 unspecified atom stereocenters. The van der Waals surface area contributed by atoms with Gasteiger partial charge in [-0.25, -0.2) is 8.42 Å². The lowest BCUT2D eigenvalue weighted by Crippen LogP contribution is -2.44. The third-order valence-corrected chi connectivity index (χ3v) is 7.24. The molecule has 28 heavy (non-hydrogen) atoms. The standard InChI is InChI=1S/C20H22N2O5S/c1-14-6-2-3-11-21(14)18(23)13-27-19(24)12-22-16-9-4-7-15-8-5-10-17(20(15)16)28(22,25)26/h4-5,7-10,14H,2-3,6,11-13H2,1H3/t14-/m1/s1. The normalized spacial score (nSPS) is 20.4. The monoisotopic (exact) mass is 402 g/mol. The van der Waals surface area contributed by atoms with E-state index in [0.29, 0.717) is 17.6 Å². The number of sulfonamides is 1. The Labute approximate surface area is 163 Å². The van der Waals surface area contributed by atoms with E-state index in [1.807, 2.05) is 19.1 Å². The molecule has 1 saturated heterocycles. The number of carbonyl (C=O) groups excluding carboxylic acids is 2. The second-order valence-electron chi connectivity index (χ2n) is 7.24. The summed E-state index contributed by atoms with van der Waals surface area (Å²) in [5.74, 6) is -0.985. The summed E-state index contributed by atoms with van der Waals surface area (Å²) >= 11 is 0. The molecular formula is C20H22N2O5S. The van der Waals surface area contributed by atoms with E-state index < -0.39 is 22.5 Å². The minimum Gasteiger partial charge on any atom is -0.454 e. The number of hydrogen-bond acceptors (Lipinski definition) is 5. The minimum absolute atomic E-state index is 0.131. The number of anilines is 1. The summed E-state index contributed by atoms with van der Waals surface area (Å²) in [5, 5.41) is 1.40. The van der Waals surface area contributed by atoms with Crippen LogP contribution in [0, 0.1) is 0 Å². The Morgan fingerprint density at radius 3 is 2.64 bits per heavy atom. The Hall–Kier alpha value is -2.61. The second kappa shape index (κ2) is 7.09. The van der Waals surface area contributed by atoms with Crippen molar-refractivity contribution >= 4 is 38.4 Å². The average molecular weight is 402 g/mol. The van der Waals surface area contributed by atoms with Gasteiger partial charge in [0.1, 0.15) is 6.54 Å². The Morgan fingerprint density at radius 1 is 1.14 bits per heavy atom. The van der Waals surface area contributed by atoms with E-state index in [4.69, 9.17) is 4.74 Å². The van der Waals surface area contributed by atoms with Crippen LogP contribution in [0.5, 0.6) is 0 Å². The molecule has 1 amide bonds. The number of hydrogen-bond donors (Lipinski definition) is 0. The van der Waals surface area contributed by atoms with Crippen LogP contribution in [0.25, 0.3) is 10.8 Å². The van der Waals surface area contributed by atoms with Gasteiger partial charge in [0.15, 0.2) is 6.61 Å². The lowest BCUT2D eigenvalue weighted by molar-refractivity contribution is -0.152. The van der Waals surface area contributed by atoms with Crippen molar-refractivity contribution in [3.8, 4) is 0 Å². The van der Waals surface area contributed by atoms with Crippen LogP contribution in [-0.2, 0) is 24.3 Å². The lowest BCUT2D eigenvalue weighted by atomic mass is 10.0. The van der Waals surface area contributed by atoms with E-state index >= 15 is 0 Å². The maximum Gasteiger partial charge on any atom is 0.327 e. The second-order valence-corrected chi connectivity index (χ2v) is 9.07. The number of rotatable bonds is 4. The highest BCUT2D eigenvalue weighted by Crippen LogP contribution is 2.41. The zero-order valence-corrected chi connectivity index (χ0v) is 16.4. The van der Waals surface area contributed by atoms with E-state index in [0.717, 1.165) is 29.0 Å². The fourth-order valence-corrected chi connectivity index (χ4v) is 5.64. The predicted octanol–water partition coefficient (Wildman–Crippen LogP) is 2.29. The quantitative estimate of drug-likeness (QED) is 0.733. The number of piperidine rings is 1. The number of nitrogens with zero attached hydrogens (tertiary/aromatic N) is 2. The summed E-state index contributed by atoms with van der Waals surface area (Å²) < 4.78 is 31.9. The molecule has 0 spiro atoms. The van der Waals surface area contributed by atoms with E-state index in [1.54, 1.807) is 23.1 Å². The van der Waals surface area contributed by atoms with Crippen LogP contribution in [0.4, 0.5) is 5.69 Å². The van der Waals surface area contributed by atoms with Crippen molar-refractivity contribution < 1.29 is 22.7 Å². The number of carbonyl (C=O) groups is 2. The zero-order chi connectivity index (χ0) is 19.9. The number of likely N-dealkylation sites (tertiary alicyclic amines) is 1. The maximum absolute atomic E-state index is 12.9. The Bertz CT molecular complexity index is 1040. The van der Waals surface area contributed by atoms with Gasteiger partial charge in [0.25, 0.3) is 15.9 Å². The zero-order valence-electron chi connectivity index (χ0n) is 15.6. The highest BCUT2D eigenvalue weighted by Gasteiger charge is 2.37. The van der Waals surface area contributed by atoms with Gasteiger partial charge >= 0.3 is 5.97 Å². The average Bonchev–Trinajstić information content (AvgIpc) is 2.90. The summed E-state index contributed by atoms with van der Waals surface area (Å²) in [6.45, 7) is 1.82. The van der Waals surface area contributed by atoms with Crippen molar-refractivity contribution in [1.82, 2.24) is 4.90 Å². The molecule has 4 rings (SSSR count). The SMILES string of the molecule is C[C@@H]1CCCCN1C(=O)COC(=O)CN1c2cccc3cccc(c23)S1(=O)=O. The minimum atomic E-state index is -3.82. The van der Waals surface area contributed by atoms with Gasteiger partial charge in [-0.05, 0) is 43.7 Å². The number of benzene rings is 2. The molecule has 2 heterocycles. The van der Waals surface area contributed by atoms with E-state index in [-0.39, 0.29) is 23.5 Å². The van der Waals surface area contributed by atoms with Crippen LogP contribution >= 0.6 is 0 Å². The van der Waals surface area contributed by atoms with Crippen molar-refractivity contribution in [3.05, 3.63) is 36.4 Å². The summed E-state index contributed by atoms with van der Waals surface area (Å²) in [4.78, 5) is 26.6. The topological polar surface area (TPSA) is 84.0 Å². The molecule has 0 aromatic heterocycles. The van der Waals surface area contributed by atoms with Crippen LogP contribution in [0.3, 0.4) is 0 Å². The lowest BCUT2D eigenvalue weighted by Gasteiger charge is -2.33. The van der Waals surface area contributed by atoms with Gasteiger partial charge < -0.3 is 9.64 Å². The molecule has 7 nitrogen and oxygen atoms in total. The molecule has 0 saturated carbocycles. The van der Waals surface area contributed by atoms with E-state index in [1.165, 1.54) is 6.07 Å². The Kier molecular flexibility index (Phi) is 4.74. The summed E-state index contributed by atoms with van der Waals surface area (Å²) in [7, 11) is -3.82. The molecule has 1 fully saturated rings. The highest BCUT2D eigenvalue weighted by molar-refractivity contribution is 7.93. The van der Waals surface area contributed by atoms with Crippen LogP contribution in [-0.4, -0.2) is 50.9 Å². The smallest absolute Gasteiger partial charge is 0.327 e. The molecule has 0 aliphatic carbocycles. The number of esters is 1. The summed E-state index contributed by atoms with van der Waals surface area (Å²) in [5.41, 5.74) is 0.459. The number of ether oxygens (including phenoxy) is 1. The first-order valence-electron chi connectivity index (χ1n) is 9.39. The predicted molar refractivity (Wildman–Crippen MR) is 104 cm³/mol. The summed E-state index contributed by atoms with van der Waals surface area (Å²) in [6.07, 6.45) is 2.97. The fourth-order valence-electron chi connectivity index (χ4n) is 3.99. The summed E-state index contributed by atoms with van der Waals surface area (Å²) in [6, 6.07) is 10.4. The first-order chi connectivity index (χ1) is 13.4. The first kappa shape index (κ1) is 18.7. The van der Waals surface area contributed by atoms with Crippen LogP contribution < -0.4 is 4.31 Å². The van der Waals surface area contributed by atoms with E-state index in [9.17, 15) is 18.0 Å². The molecule has 8 heteroatoms. The van der Waals surface area contributed by atoms with Crippen LogP contribution in [0.2, 0.25) is 0 Å². The molecule has 2 aromatic carbocycles. The largest absolute Gasteiger partial charge is 0.454 e.